The van der Waals surface area contributed by atoms with Crippen LogP contribution < -0.4 is 10.1 Å². The van der Waals surface area contributed by atoms with Crippen LogP contribution >= 0.6 is 11.3 Å². The van der Waals surface area contributed by atoms with E-state index in [0.29, 0.717) is 18.0 Å². The van der Waals surface area contributed by atoms with Crippen molar-refractivity contribution in [2.75, 3.05) is 11.9 Å². The molecule has 0 radical (unpaired) electrons. The van der Waals surface area contributed by atoms with Gasteiger partial charge >= 0.3 is 0 Å². The maximum Gasteiger partial charge on any atom is 0.266 e. The molecule has 1 N–H and O–H groups in total. The van der Waals surface area contributed by atoms with E-state index in [2.05, 4.69) is 5.32 Å². The Morgan fingerprint density at radius 2 is 2.33 bits per heavy atom. The van der Waals surface area contributed by atoms with Gasteiger partial charge in [-0.2, -0.15) is 16.6 Å². The standard InChI is InChI=1S/C16H14N2O2S/c1-2-20-15-5-3-4-14(9-15)18-16(19)13(10-17)8-12-6-7-21-11-12/h3-9,11H,2H2,1H3,(H,18,19)/b13-8-. The van der Waals surface area contributed by atoms with Gasteiger partial charge in [0.15, 0.2) is 0 Å². The largest absolute Gasteiger partial charge is 0.494 e. The number of rotatable bonds is 5. The van der Waals surface area contributed by atoms with Crippen LogP contribution in [0.25, 0.3) is 6.08 Å². The molecular formula is C16H14N2O2S. The maximum atomic E-state index is 12.1. The van der Waals surface area contributed by atoms with Crippen molar-refractivity contribution in [3.8, 4) is 11.8 Å². The summed E-state index contributed by atoms with van der Waals surface area (Å²) < 4.78 is 5.37. The van der Waals surface area contributed by atoms with Crippen molar-refractivity contribution in [2.24, 2.45) is 0 Å². The predicted molar refractivity (Wildman–Crippen MR) is 84.1 cm³/mol. The molecule has 0 saturated heterocycles. The fourth-order valence-electron chi connectivity index (χ4n) is 1.70. The average molecular weight is 298 g/mol. The Kier molecular flexibility index (Phi) is 5.13. The molecule has 0 spiro atoms. The third-order valence-corrected chi connectivity index (χ3v) is 3.32. The molecule has 1 aromatic carbocycles. The number of thiophene rings is 1. The molecule has 21 heavy (non-hydrogen) atoms. The van der Waals surface area contributed by atoms with Gasteiger partial charge < -0.3 is 10.1 Å². The number of carbonyl (C=O) groups is 1. The molecule has 0 bridgehead atoms. The first-order chi connectivity index (χ1) is 10.2. The summed E-state index contributed by atoms with van der Waals surface area (Å²) in [7, 11) is 0. The molecule has 2 rings (SSSR count). The summed E-state index contributed by atoms with van der Waals surface area (Å²) >= 11 is 1.51. The molecule has 0 aliphatic heterocycles. The van der Waals surface area contributed by atoms with Crippen molar-refractivity contribution in [3.05, 3.63) is 52.2 Å². The van der Waals surface area contributed by atoms with Crippen molar-refractivity contribution in [2.45, 2.75) is 6.92 Å². The fourth-order valence-corrected chi connectivity index (χ4v) is 2.32. The fraction of sp³-hybridized carbons (Fsp3) is 0.125. The Morgan fingerprint density at radius 1 is 1.48 bits per heavy atom. The minimum atomic E-state index is -0.433. The van der Waals surface area contributed by atoms with Crippen molar-refractivity contribution >= 4 is 29.0 Å². The van der Waals surface area contributed by atoms with Gasteiger partial charge in [0.2, 0.25) is 0 Å². The summed E-state index contributed by atoms with van der Waals surface area (Å²) in [6, 6.07) is 10.8. The molecule has 0 atom stereocenters. The summed E-state index contributed by atoms with van der Waals surface area (Å²) in [5.41, 5.74) is 1.50. The lowest BCUT2D eigenvalue weighted by Crippen LogP contribution is -2.13. The number of ether oxygens (including phenoxy) is 1. The van der Waals surface area contributed by atoms with Crippen molar-refractivity contribution in [1.29, 1.82) is 5.26 Å². The maximum absolute atomic E-state index is 12.1. The number of nitrogens with zero attached hydrogens (tertiary/aromatic N) is 1. The molecule has 1 aromatic heterocycles. The number of nitrogens with one attached hydrogen (secondary N) is 1. The summed E-state index contributed by atoms with van der Waals surface area (Å²) in [6.45, 7) is 2.45. The zero-order valence-electron chi connectivity index (χ0n) is 11.5. The van der Waals surface area contributed by atoms with Gasteiger partial charge in [-0.25, -0.2) is 0 Å². The van der Waals surface area contributed by atoms with Crippen molar-refractivity contribution in [3.63, 3.8) is 0 Å². The molecule has 0 fully saturated rings. The number of hydrogen-bond donors (Lipinski definition) is 1. The number of amides is 1. The second-order valence-electron chi connectivity index (χ2n) is 4.14. The Morgan fingerprint density at radius 3 is 3.00 bits per heavy atom. The van der Waals surface area contributed by atoms with Crippen LogP contribution in [0, 0.1) is 11.3 Å². The zero-order chi connectivity index (χ0) is 15.1. The van der Waals surface area contributed by atoms with E-state index in [9.17, 15) is 4.79 Å². The minimum Gasteiger partial charge on any atom is -0.494 e. The molecule has 0 aliphatic carbocycles. The smallest absolute Gasteiger partial charge is 0.266 e. The van der Waals surface area contributed by atoms with E-state index in [1.54, 1.807) is 24.3 Å². The van der Waals surface area contributed by atoms with Crippen LogP contribution in [0.1, 0.15) is 12.5 Å². The topological polar surface area (TPSA) is 62.1 Å². The SMILES string of the molecule is CCOc1cccc(NC(=O)/C(C#N)=C\c2ccsc2)c1. The van der Waals surface area contributed by atoms with Crippen molar-refractivity contribution < 1.29 is 9.53 Å². The third-order valence-electron chi connectivity index (χ3n) is 2.62. The molecule has 1 heterocycles. The van der Waals surface area contributed by atoms with E-state index >= 15 is 0 Å². The van der Waals surface area contributed by atoms with E-state index in [-0.39, 0.29) is 5.57 Å². The molecule has 2 aromatic rings. The van der Waals surface area contributed by atoms with Gasteiger partial charge in [0.05, 0.1) is 6.61 Å². The lowest BCUT2D eigenvalue weighted by atomic mass is 10.2. The molecule has 4 nitrogen and oxygen atoms in total. The number of hydrogen-bond acceptors (Lipinski definition) is 4. The van der Waals surface area contributed by atoms with Crippen LogP contribution in [-0.2, 0) is 4.79 Å². The van der Waals surface area contributed by atoms with Crippen LogP contribution in [0.2, 0.25) is 0 Å². The van der Waals surface area contributed by atoms with Crippen LogP contribution in [-0.4, -0.2) is 12.5 Å². The highest BCUT2D eigenvalue weighted by molar-refractivity contribution is 7.08. The quantitative estimate of drug-likeness (QED) is 0.676. The van der Waals surface area contributed by atoms with E-state index < -0.39 is 5.91 Å². The van der Waals surface area contributed by atoms with Gasteiger partial charge in [-0.05, 0) is 47.5 Å². The molecule has 0 unspecified atom stereocenters. The number of benzene rings is 1. The number of anilines is 1. The van der Waals surface area contributed by atoms with Crippen LogP contribution in [0.15, 0.2) is 46.7 Å². The molecular weight excluding hydrogens is 284 g/mol. The van der Waals surface area contributed by atoms with E-state index in [1.165, 1.54) is 11.3 Å². The summed E-state index contributed by atoms with van der Waals surface area (Å²) in [5.74, 6) is 0.243. The summed E-state index contributed by atoms with van der Waals surface area (Å²) in [5, 5.41) is 15.6. The minimum absolute atomic E-state index is 0.0650. The Labute approximate surface area is 127 Å². The van der Waals surface area contributed by atoms with Gasteiger partial charge in [-0.3, -0.25) is 4.79 Å². The molecule has 0 aliphatic rings. The highest BCUT2D eigenvalue weighted by Gasteiger charge is 2.10. The molecule has 106 valence electrons. The van der Waals surface area contributed by atoms with Gasteiger partial charge in [-0.15, -0.1) is 0 Å². The molecule has 1 amide bonds. The Hall–Kier alpha value is -2.58. The van der Waals surface area contributed by atoms with Gasteiger partial charge in [-0.1, -0.05) is 6.07 Å². The molecule has 5 heteroatoms. The van der Waals surface area contributed by atoms with Crippen LogP contribution in [0.5, 0.6) is 5.75 Å². The van der Waals surface area contributed by atoms with E-state index in [4.69, 9.17) is 10.00 Å². The highest BCUT2D eigenvalue weighted by Crippen LogP contribution is 2.18. The van der Waals surface area contributed by atoms with Crippen LogP contribution in [0.4, 0.5) is 5.69 Å². The molecule has 0 saturated carbocycles. The summed E-state index contributed by atoms with van der Waals surface area (Å²) in [6.07, 6.45) is 1.57. The second-order valence-corrected chi connectivity index (χ2v) is 4.92. The number of nitriles is 1. The first-order valence-corrected chi connectivity index (χ1v) is 7.35. The van der Waals surface area contributed by atoms with Gasteiger partial charge in [0.1, 0.15) is 17.4 Å². The first kappa shape index (κ1) is 14.8. The third kappa shape index (κ3) is 4.20. The first-order valence-electron chi connectivity index (χ1n) is 6.41. The zero-order valence-corrected chi connectivity index (χ0v) is 12.3. The monoisotopic (exact) mass is 298 g/mol. The van der Waals surface area contributed by atoms with E-state index in [1.807, 2.05) is 35.9 Å². The van der Waals surface area contributed by atoms with Crippen LogP contribution in [0.3, 0.4) is 0 Å². The highest BCUT2D eigenvalue weighted by atomic mass is 32.1. The van der Waals surface area contributed by atoms with Gasteiger partial charge in [0.25, 0.3) is 5.91 Å². The predicted octanol–water partition coefficient (Wildman–Crippen LogP) is 3.69. The van der Waals surface area contributed by atoms with E-state index in [0.717, 1.165) is 5.56 Å². The Balaban J connectivity index is 2.13. The summed E-state index contributed by atoms with van der Waals surface area (Å²) in [4.78, 5) is 12.1. The lowest BCUT2D eigenvalue weighted by molar-refractivity contribution is -0.112. The average Bonchev–Trinajstić information content (AvgIpc) is 2.98. The number of carbonyl (C=O) groups excluding carboxylic acids is 1. The lowest BCUT2D eigenvalue weighted by Gasteiger charge is -2.07. The Bertz CT molecular complexity index is 685. The second kappa shape index (κ2) is 7.27. The van der Waals surface area contributed by atoms with Gasteiger partial charge in [0, 0.05) is 11.8 Å². The normalized spacial score (nSPS) is 10.8. The van der Waals surface area contributed by atoms with Crippen molar-refractivity contribution in [1.82, 2.24) is 0 Å².